The first-order chi connectivity index (χ1) is 8.72. The maximum Gasteiger partial charge on any atom is 0.239 e. The van der Waals surface area contributed by atoms with Gasteiger partial charge in [-0.3, -0.25) is 0 Å². The molecule has 0 aromatic carbocycles. The number of nitrogens with zero attached hydrogens (tertiary/aromatic N) is 2. The third-order valence-corrected chi connectivity index (χ3v) is 4.29. The lowest BCUT2D eigenvalue weighted by Gasteiger charge is -2.27. The second kappa shape index (κ2) is 6.18. The number of hydrogen-bond donors (Lipinski definition) is 1. The minimum Gasteiger partial charge on any atom is -0.479 e. The number of aromatic nitrogens is 1. The van der Waals surface area contributed by atoms with Crippen molar-refractivity contribution >= 4 is 23.1 Å². The maximum absolute atomic E-state index is 5.37. The summed E-state index contributed by atoms with van der Waals surface area (Å²) in [4.78, 5) is 6.37. The second-order valence-electron chi connectivity index (χ2n) is 4.67. The van der Waals surface area contributed by atoms with Crippen LogP contribution in [0.25, 0.3) is 0 Å². The molecule has 1 saturated heterocycles. The zero-order valence-electron chi connectivity index (χ0n) is 11.3. The molecule has 0 radical (unpaired) electrons. The van der Waals surface area contributed by atoms with Crippen LogP contribution < -0.4 is 15.0 Å². The van der Waals surface area contributed by atoms with Crippen molar-refractivity contribution in [2.24, 2.45) is 0 Å². The van der Waals surface area contributed by atoms with E-state index in [0.29, 0.717) is 11.9 Å². The number of methoxy groups -OCH3 is 1. The molecule has 0 spiro atoms. The Morgan fingerprint density at radius 2 is 2.33 bits per heavy atom. The fraction of sp³-hybridized carbons (Fsp3) is 0.615. The monoisotopic (exact) mass is 267 g/mol. The Labute approximate surface area is 113 Å². The molecule has 0 saturated carbocycles. The van der Waals surface area contributed by atoms with Crippen LogP contribution in [0.3, 0.4) is 0 Å². The van der Waals surface area contributed by atoms with Crippen molar-refractivity contribution in [2.75, 3.05) is 42.9 Å². The molecule has 0 bridgehead atoms. The molecule has 1 aliphatic heterocycles. The highest BCUT2D eigenvalue weighted by molar-refractivity contribution is 7.99. The molecule has 1 N–H and O–H groups in total. The third kappa shape index (κ3) is 3.02. The van der Waals surface area contributed by atoms with Gasteiger partial charge in [-0.1, -0.05) is 0 Å². The zero-order chi connectivity index (χ0) is 13.0. The summed E-state index contributed by atoms with van der Waals surface area (Å²) in [5.41, 5.74) is 2.13. The Morgan fingerprint density at radius 1 is 1.50 bits per heavy atom. The van der Waals surface area contributed by atoms with Gasteiger partial charge in [-0.05, 0) is 24.7 Å². The average molecular weight is 267 g/mol. The molecule has 4 nitrogen and oxygen atoms in total. The van der Waals surface area contributed by atoms with E-state index in [9.17, 15) is 0 Å². The predicted octanol–water partition coefficient (Wildman–Crippen LogP) is 2.46. The maximum atomic E-state index is 5.37. The van der Waals surface area contributed by atoms with E-state index in [-0.39, 0.29) is 0 Å². The number of anilines is 2. The van der Waals surface area contributed by atoms with Crippen LogP contribution in [-0.2, 0) is 0 Å². The summed E-state index contributed by atoms with van der Waals surface area (Å²) in [5.74, 6) is 3.12. The summed E-state index contributed by atoms with van der Waals surface area (Å²) in [6.45, 7) is 0. The minimum atomic E-state index is 0.514. The van der Waals surface area contributed by atoms with Gasteiger partial charge < -0.3 is 15.0 Å². The molecule has 1 unspecified atom stereocenters. The topological polar surface area (TPSA) is 37.4 Å². The van der Waals surface area contributed by atoms with Gasteiger partial charge in [0.05, 0.1) is 12.8 Å². The standard InChI is InChI=1S/C13H21N3OS/c1-16(2)11-6-7-14-13(17-3)12(11)15-10-5-4-8-18-9-10/h6-7,10,15H,4-5,8-9H2,1-3H3. The van der Waals surface area contributed by atoms with E-state index in [4.69, 9.17) is 4.74 Å². The van der Waals surface area contributed by atoms with E-state index in [2.05, 4.69) is 15.2 Å². The van der Waals surface area contributed by atoms with Crippen LogP contribution >= 0.6 is 11.8 Å². The highest BCUT2D eigenvalue weighted by Gasteiger charge is 2.18. The van der Waals surface area contributed by atoms with Gasteiger partial charge in [0.15, 0.2) is 0 Å². The second-order valence-corrected chi connectivity index (χ2v) is 5.82. The van der Waals surface area contributed by atoms with Crippen molar-refractivity contribution in [3.8, 4) is 5.88 Å². The number of ether oxygens (including phenoxy) is 1. The van der Waals surface area contributed by atoms with Gasteiger partial charge >= 0.3 is 0 Å². The summed E-state index contributed by atoms with van der Waals surface area (Å²) >= 11 is 2.01. The molecule has 1 aromatic rings. The molecule has 0 amide bonds. The Morgan fingerprint density at radius 3 is 2.94 bits per heavy atom. The summed E-state index contributed by atoms with van der Waals surface area (Å²) in [6, 6.07) is 2.53. The van der Waals surface area contributed by atoms with E-state index >= 15 is 0 Å². The Hall–Kier alpha value is -1.10. The summed E-state index contributed by atoms with van der Waals surface area (Å²) in [6.07, 6.45) is 4.29. The largest absolute Gasteiger partial charge is 0.479 e. The first-order valence-electron chi connectivity index (χ1n) is 6.27. The molecule has 18 heavy (non-hydrogen) atoms. The quantitative estimate of drug-likeness (QED) is 0.907. The number of pyridine rings is 1. The summed E-state index contributed by atoms with van der Waals surface area (Å²) < 4.78 is 5.37. The van der Waals surface area contributed by atoms with E-state index in [1.807, 2.05) is 31.9 Å². The smallest absolute Gasteiger partial charge is 0.239 e. The van der Waals surface area contributed by atoms with Gasteiger partial charge in [-0.25, -0.2) is 4.98 Å². The molecule has 1 fully saturated rings. The van der Waals surface area contributed by atoms with Crippen LogP contribution in [0.4, 0.5) is 11.4 Å². The van der Waals surface area contributed by atoms with Crippen molar-refractivity contribution in [3.63, 3.8) is 0 Å². The normalized spacial score (nSPS) is 19.4. The van der Waals surface area contributed by atoms with E-state index in [1.54, 1.807) is 13.3 Å². The van der Waals surface area contributed by atoms with E-state index < -0.39 is 0 Å². The molecule has 1 aliphatic rings. The molecule has 2 rings (SSSR count). The fourth-order valence-electron chi connectivity index (χ4n) is 2.15. The van der Waals surface area contributed by atoms with Crippen molar-refractivity contribution < 1.29 is 4.74 Å². The molecule has 5 heteroatoms. The first-order valence-corrected chi connectivity index (χ1v) is 7.42. The van der Waals surface area contributed by atoms with Crippen molar-refractivity contribution in [1.29, 1.82) is 0 Å². The van der Waals surface area contributed by atoms with Gasteiger partial charge in [-0.2, -0.15) is 11.8 Å². The molecule has 100 valence electrons. The Balaban J connectivity index is 2.22. The lowest BCUT2D eigenvalue weighted by Crippen LogP contribution is -2.27. The molecular weight excluding hydrogens is 246 g/mol. The van der Waals surface area contributed by atoms with E-state index in [0.717, 1.165) is 17.1 Å². The van der Waals surface area contributed by atoms with Crippen LogP contribution in [0.15, 0.2) is 12.3 Å². The van der Waals surface area contributed by atoms with Crippen LogP contribution in [0.2, 0.25) is 0 Å². The van der Waals surface area contributed by atoms with Crippen LogP contribution in [0.1, 0.15) is 12.8 Å². The van der Waals surface area contributed by atoms with Crippen LogP contribution in [-0.4, -0.2) is 43.7 Å². The fourth-order valence-corrected chi connectivity index (χ4v) is 3.23. The van der Waals surface area contributed by atoms with Gasteiger partial charge in [0.25, 0.3) is 0 Å². The number of rotatable bonds is 4. The van der Waals surface area contributed by atoms with Crippen molar-refractivity contribution in [1.82, 2.24) is 4.98 Å². The summed E-state index contributed by atoms with van der Waals surface area (Å²) in [5, 5.41) is 3.60. The van der Waals surface area contributed by atoms with Gasteiger partial charge in [0, 0.05) is 32.1 Å². The minimum absolute atomic E-state index is 0.514. The molecule has 1 atom stereocenters. The van der Waals surface area contributed by atoms with Crippen LogP contribution in [0, 0.1) is 0 Å². The highest BCUT2D eigenvalue weighted by Crippen LogP contribution is 2.34. The molecule has 0 aliphatic carbocycles. The lowest BCUT2D eigenvalue weighted by molar-refractivity contribution is 0.399. The lowest BCUT2D eigenvalue weighted by atomic mass is 10.1. The molecule has 2 heterocycles. The average Bonchev–Trinajstić information content (AvgIpc) is 2.40. The molecule has 1 aromatic heterocycles. The van der Waals surface area contributed by atoms with Gasteiger partial charge in [0.1, 0.15) is 5.69 Å². The van der Waals surface area contributed by atoms with Gasteiger partial charge in [-0.15, -0.1) is 0 Å². The Kier molecular flexibility index (Phi) is 4.58. The SMILES string of the molecule is COc1nccc(N(C)C)c1NC1CCCSC1. The molecular formula is C13H21N3OS. The van der Waals surface area contributed by atoms with E-state index in [1.165, 1.54) is 18.6 Å². The number of thioether (sulfide) groups is 1. The highest BCUT2D eigenvalue weighted by atomic mass is 32.2. The van der Waals surface area contributed by atoms with Crippen molar-refractivity contribution in [3.05, 3.63) is 12.3 Å². The number of hydrogen-bond acceptors (Lipinski definition) is 5. The number of nitrogens with one attached hydrogen (secondary N) is 1. The third-order valence-electron chi connectivity index (χ3n) is 3.08. The van der Waals surface area contributed by atoms with Crippen molar-refractivity contribution in [2.45, 2.75) is 18.9 Å². The van der Waals surface area contributed by atoms with Crippen LogP contribution in [0.5, 0.6) is 5.88 Å². The summed E-state index contributed by atoms with van der Waals surface area (Å²) in [7, 11) is 5.74. The first kappa shape index (κ1) is 13.3. The predicted molar refractivity (Wildman–Crippen MR) is 79.1 cm³/mol. The zero-order valence-corrected chi connectivity index (χ0v) is 12.1. The Bertz CT molecular complexity index is 392. The van der Waals surface area contributed by atoms with Gasteiger partial charge in [0.2, 0.25) is 5.88 Å².